The summed E-state index contributed by atoms with van der Waals surface area (Å²) < 4.78 is 0. The van der Waals surface area contributed by atoms with Crippen molar-refractivity contribution in [3.8, 4) is 0 Å². The molecule has 0 spiro atoms. The van der Waals surface area contributed by atoms with E-state index >= 15 is 0 Å². The van der Waals surface area contributed by atoms with Gasteiger partial charge in [-0.2, -0.15) is 0 Å². The van der Waals surface area contributed by atoms with E-state index < -0.39 is 0 Å². The molecule has 0 aliphatic heterocycles. The SMILES string of the molecule is CCCc1ccc(CC)c(C2CC2)c1C(C)O. The number of rotatable bonds is 5. The molecular formula is C16H24O. The highest BCUT2D eigenvalue weighted by Gasteiger charge is 2.30. The zero-order chi connectivity index (χ0) is 12.4. The quantitative estimate of drug-likeness (QED) is 0.809. The van der Waals surface area contributed by atoms with Gasteiger partial charge in [-0.3, -0.25) is 0 Å². The summed E-state index contributed by atoms with van der Waals surface area (Å²) in [5, 5.41) is 10.1. The summed E-state index contributed by atoms with van der Waals surface area (Å²) in [5.41, 5.74) is 5.53. The van der Waals surface area contributed by atoms with E-state index in [2.05, 4.69) is 26.0 Å². The number of aliphatic hydroxyl groups is 1. The topological polar surface area (TPSA) is 20.2 Å². The summed E-state index contributed by atoms with van der Waals surface area (Å²) in [7, 11) is 0. The third-order valence-corrected chi connectivity index (χ3v) is 3.77. The highest BCUT2D eigenvalue weighted by Crippen LogP contribution is 2.46. The van der Waals surface area contributed by atoms with Crippen LogP contribution >= 0.6 is 0 Å². The zero-order valence-electron chi connectivity index (χ0n) is 11.3. The Hall–Kier alpha value is -0.820. The van der Waals surface area contributed by atoms with Gasteiger partial charge in [0.1, 0.15) is 0 Å². The van der Waals surface area contributed by atoms with Crippen molar-refractivity contribution in [2.75, 3.05) is 0 Å². The van der Waals surface area contributed by atoms with Gasteiger partial charge in [0, 0.05) is 0 Å². The molecule has 0 amide bonds. The summed E-state index contributed by atoms with van der Waals surface area (Å²) >= 11 is 0. The smallest absolute Gasteiger partial charge is 0.0767 e. The van der Waals surface area contributed by atoms with Crippen LogP contribution in [0.2, 0.25) is 0 Å². The molecule has 1 atom stereocenters. The van der Waals surface area contributed by atoms with Gasteiger partial charge < -0.3 is 5.11 Å². The Morgan fingerprint density at radius 2 is 1.88 bits per heavy atom. The third kappa shape index (κ3) is 2.55. The molecule has 1 nitrogen and oxygen atoms in total. The van der Waals surface area contributed by atoms with Crippen LogP contribution in [0.3, 0.4) is 0 Å². The molecule has 1 unspecified atom stereocenters. The van der Waals surface area contributed by atoms with Crippen molar-refractivity contribution in [1.29, 1.82) is 0 Å². The van der Waals surface area contributed by atoms with Gasteiger partial charge in [-0.15, -0.1) is 0 Å². The van der Waals surface area contributed by atoms with Crippen LogP contribution in [-0.2, 0) is 12.8 Å². The summed E-state index contributed by atoms with van der Waals surface area (Å²) in [6, 6.07) is 4.51. The Morgan fingerprint density at radius 3 is 2.35 bits per heavy atom. The van der Waals surface area contributed by atoms with Crippen LogP contribution in [0.1, 0.15) is 74.3 Å². The highest BCUT2D eigenvalue weighted by atomic mass is 16.3. The predicted molar refractivity (Wildman–Crippen MR) is 72.4 cm³/mol. The van der Waals surface area contributed by atoms with Gasteiger partial charge in [-0.1, -0.05) is 32.4 Å². The predicted octanol–water partition coefficient (Wildman–Crippen LogP) is 4.13. The van der Waals surface area contributed by atoms with Crippen LogP contribution in [0.4, 0.5) is 0 Å². The fourth-order valence-corrected chi connectivity index (χ4v) is 2.87. The van der Waals surface area contributed by atoms with E-state index in [-0.39, 0.29) is 6.10 Å². The van der Waals surface area contributed by atoms with Gasteiger partial charge in [-0.25, -0.2) is 0 Å². The zero-order valence-corrected chi connectivity index (χ0v) is 11.3. The molecule has 1 aromatic rings. The molecule has 94 valence electrons. The fourth-order valence-electron chi connectivity index (χ4n) is 2.87. The van der Waals surface area contributed by atoms with Crippen molar-refractivity contribution >= 4 is 0 Å². The molecule has 1 heteroatoms. The second-order valence-electron chi connectivity index (χ2n) is 5.26. The van der Waals surface area contributed by atoms with Gasteiger partial charge >= 0.3 is 0 Å². The maximum absolute atomic E-state index is 10.1. The van der Waals surface area contributed by atoms with Gasteiger partial charge in [0.25, 0.3) is 0 Å². The van der Waals surface area contributed by atoms with Gasteiger partial charge in [0.2, 0.25) is 0 Å². The minimum Gasteiger partial charge on any atom is -0.389 e. The Morgan fingerprint density at radius 1 is 1.24 bits per heavy atom. The first-order valence-corrected chi connectivity index (χ1v) is 7.01. The number of hydrogen-bond donors (Lipinski definition) is 1. The number of benzene rings is 1. The average Bonchev–Trinajstić information content (AvgIpc) is 3.12. The molecule has 0 saturated heterocycles. The van der Waals surface area contributed by atoms with Crippen LogP contribution in [0.25, 0.3) is 0 Å². The monoisotopic (exact) mass is 232 g/mol. The molecule has 0 aromatic heterocycles. The van der Waals surface area contributed by atoms with E-state index in [0.717, 1.165) is 25.2 Å². The van der Waals surface area contributed by atoms with Crippen molar-refractivity contribution in [2.24, 2.45) is 0 Å². The van der Waals surface area contributed by atoms with E-state index in [1.807, 2.05) is 6.92 Å². The lowest BCUT2D eigenvalue weighted by molar-refractivity contribution is 0.197. The third-order valence-electron chi connectivity index (χ3n) is 3.77. The largest absolute Gasteiger partial charge is 0.389 e. The molecule has 17 heavy (non-hydrogen) atoms. The van der Waals surface area contributed by atoms with Crippen molar-refractivity contribution in [3.63, 3.8) is 0 Å². The van der Waals surface area contributed by atoms with Crippen molar-refractivity contribution in [2.45, 2.75) is 64.9 Å². The van der Waals surface area contributed by atoms with Crippen molar-refractivity contribution < 1.29 is 5.11 Å². The summed E-state index contributed by atoms with van der Waals surface area (Å²) in [5.74, 6) is 0.728. The van der Waals surface area contributed by atoms with Gasteiger partial charge in [0.15, 0.2) is 0 Å². The Bertz CT molecular complexity index is 389. The molecule has 1 N–H and O–H groups in total. The van der Waals surface area contributed by atoms with Crippen LogP contribution in [0.5, 0.6) is 0 Å². The molecular weight excluding hydrogens is 208 g/mol. The molecule has 1 fully saturated rings. The lowest BCUT2D eigenvalue weighted by atomic mass is 9.87. The van der Waals surface area contributed by atoms with Crippen LogP contribution in [0, 0.1) is 0 Å². The summed E-state index contributed by atoms with van der Waals surface area (Å²) in [4.78, 5) is 0. The minimum absolute atomic E-state index is 0.321. The Labute approximate surface area is 105 Å². The molecule has 1 aliphatic rings. The summed E-state index contributed by atoms with van der Waals surface area (Å²) in [6.07, 6.45) is 5.61. The van der Waals surface area contributed by atoms with Crippen molar-refractivity contribution in [3.05, 3.63) is 34.4 Å². The molecule has 1 saturated carbocycles. The molecule has 1 aromatic carbocycles. The van der Waals surface area contributed by atoms with Crippen LogP contribution < -0.4 is 0 Å². The van der Waals surface area contributed by atoms with E-state index in [1.54, 1.807) is 0 Å². The van der Waals surface area contributed by atoms with E-state index in [4.69, 9.17) is 0 Å². The molecule has 0 bridgehead atoms. The Balaban J connectivity index is 2.52. The van der Waals surface area contributed by atoms with E-state index in [0.29, 0.717) is 0 Å². The van der Waals surface area contributed by atoms with Gasteiger partial charge in [-0.05, 0) is 60.8 Å². The molecule has 2 rings (SSSR count). The standard InChI is InChI=1S/C16H24O/c1-4-6-13-8-7-12(5-2)16(14-9-10-14)15(13)11(3)17/h7-8,11,14,17H,4-6,9-10H2,1-3H3. The Kier molecular flexibility index (Phi) is 3.88. The van der Waals surface area contributed by atoms with Crippen LogP contribution in [0.15, 0.2) is 12.1 Å². The van der Waals surface area contributed by atoms with Gasteiger partial charge in [0.05, 0.1) is 6.10 Å². The summed E-state index contributed by atoms with van der Waals surface area (Å²) in [6.45, 7) is 6.34. The lowest BCUT2D eigenvalue weighted by Gasteiger charge is -2.20. The normalized spacial score (nSPS) is 17.2. The fraction of sp³-hybridized carbons (Fsp3) is 0.625. The molecule has 0 radical (unpaired) electrons. The first kappa shape index (κ1) is 12.6. The number of hydrogen-bond acceptors (Lipinski definition) is 1. The minimum atomic E-state index is -0.321. The first-order valence-electron chi connectivity index (χ1n) is 7.01. The van der Waals surface area contributed by atoms with E-state index in [9.17, 15) is 5.11 Å². The number of aliphatic hydroxyl groups excluding tert-OH is 1. The second kappa shape index (κ2) is 5.22. The number of aryl methyl sites for hydroxylation is 2. The maximum atomic E-state index is 10.1. The highest BCUT2D eigenvalue weighted by molar-refractivity contribution is 5.46. The van der Waals surface area contributed by atoms with E-state index in [1.165, 1.54) is 35.1 Å². The average molecular weight is 232 g/mol. The van der Waals surface area contributed by atoms with Crippen molar-refractivity contribution in [1.82, 2.24) is 0 Å². The molecule has 1 aliphatic carbocycles. The first-order chi connectivity index (χ1) is 8.19. The second-order valence-corrected chi connectivity index (χ2v) is 5.26. The maximum Gasteiger partial charge on any atom is 0.0767 e. The lowest BCUT2D eigenvalue weighted by Crippen LogP contribution is -2.06. The molecule has 0 heterocycles. The van der Waals surface area contributed by atoms with Crippen LogP contribution in [-0.4, -0.2) is 5.11 Å².